The first-order valence-electron chi connectivity index (χ1n) is 6.38. The van der Waals surface area contributed by atoms with Gasteiger partial charge in [0.25, 0.3) is 0 Å². The van der Waals surface area contributed by atoms with Crippen LogP contribution in [-0.4, -0.2) is 12.3 Å². The van der Waals surface area contributed by atoms with Crippen LogP contribution >= 0.6 is 11.8 Å². The summed E-state index contributed by atoms with van der Waals surface area (Å²) >= 11 is 1.55. The molecule has 3 nitrogen and oxygen atoms in total. The van der Waals surface area contributed by atoms with Gasteiger partial charge in [-0.05, 0) is 11.6 Å². The van der Waals surface area contributed by atoms with E-state index >= 15 is 0 Å². The number of amidine groups is 1. The molecular weight excluding hydrogens is 268 g/mol. The molecule has 20 heavy (non-hydrogen) atoms. The van der Waals surface area contributed by atoms with Crippen LogP contribution in [0, 0.1) is 0 Å². The Morgan fingerprint density at radius 3 is 2.55 bits per heavy atom. The minimum atomic E-state index is 0.539. The lowest BCUT2D eigenvalue weighted by Gasteiger charge is -2.06. The van der Waals surface area contributed by atoms with E-state index in [1.165, 1.54) is 5.56 Å². The highest BCUT2D eigenvalue weighted by Crippen LogP contribution is 2.19. The maximum absolute atomic E-state index is 5.93. The monoisotopic (exact) mass is 286 g/mol. The zero-order valence-electron chi connectivity index (χ0n) is 11.5. The lowest BCUT2D eigenvalue weighted by molar-refractivity contribution is 0.410. The van der Waals surface area contributed by atoms with Gasteiger partial charge in [-0.25, -0.2) is 0 Å². The molecule has 2 aromatic carbocycles. The molecule has 0 aromatic heterocycles. The van der Waals surface area contributed by atoms with Crippen LogP contribution in [0.3, 0.4) is 0 Å². The largest absolute Gasteiger partial charge is 0.496 e. The number of aliphatic imine (C=N–C) groups is 1. The second-order valence-electron chi connectivity index (χ2n) is 4.24. The fraction of sp³-hybridized carbons (Fsp3) is 0.188. The molecule has 0 saturated heterocycles. The molecule has 0 atom stereocenters. The number of nitrogens with zero attached hydrogens (tertiary/aromatic N) is 1. The van der Waals surface area contributed by atoms with Gasteiger partial charge in [0.1, 0.15) is 5.75 Å². The number of nitrogens with two attached hydrogens (primary N) is 1. The molecule has 4 heteroatoms. The third-order valence-electron chi connectivity index (χ3n) is 2.83. The Kier molecular flexibility index (Phi) is 5.50. The topological polar surface area (TPSA) is 47.6 Å². The van der Waals surface area contributed by atoms with Crippen molar-refractivity contribution < 1.29 is 4.74 Å². The van der Waals surface area contributed by atoms with E-state index in [0.29, 0.717) is 11.7 Å². The Hall–Kier alpha value is -1.94. The van der Waals surface area contributed by atoms with Crippen molar-refractivity contribution in [3.05, 3.63) is 65.7 Å². The van der Waals surface area contributed by atoms with Gasteiger partial charge in [-0.1, -0.05) is 60.3 Å². The number of benzene rings is 2. The van der Waals surface area contributed by atoms with Crippen LogP contribution in [0.4, 0.5) is 0 Å². The van der Waals surface area contributed by atoms with Crippen LogP contribution in [0.2, 0.25) is 0 Å². The molecule has 0 aliphatic heterocycles. The molecule has 0 heterocycles. The lowest BCUT2D eigenvalue weighted by atomic mass is 10.2. The zero-order chi connectivity index (χ0) is 14.2. The molecule has 0 unspecified atom stereocenters. The van der Waals surface area contributed by atoms with Gasteiger partial charge in [0.2, 0.25) is 0 Å². The van der Waals surface area contributed by atoms with Crippen molar-refractivity contribution >= 4 is 16.9 Å². The highest BCUT2D eigenvalue weighted by Gasteiger charge is 2.01. The van der Waals surface area contributed by atoms with E-state index in [1.54, 1.807) is 18.9 Å². The number of para-hydroxylation sites is 1. The van der Waals surface area contributed by atoms with Gasteiger partial charge in [-0.3, -0.25) is 4.99 Å². The minimum absolute atomic E-state index is 0.539. The Balaban J connectivity index is 1.91. The summed E-state index contributed by atoms with van der Waals surface area (Å²) in [4.78, 5) is 4.40. The van der Waals surface area contributed by atoms with E-state index in [4.69, 9.17) is 10.5 Å². The summed E-state index contributed by atoms with van der Waals surface area (Å²) in [5.74, 6) is 1.68. The highest BCUT2D eigenvalue weighted by atomic mass is 32.2. The molecule has 0 aliphatic carbocycles. The molecule has 104 valence electrons. The summed E-state index contributed by atoms with van der Waals surface area (Å²) < 4.78 is 5.29. The number of thioether (sulfide) groups is 1. The Bertz CT molecular complexity index is 570. The average Bonchev–Trinajstić information content (AvgIpc) is 2.52. The van der Waals surface area contributed by atoms with Crippen molar-refractivity contribution in [2.24, 2.45) is 10.7 Å². The van der Waals surface area contributed by atoms with Crippen LogP contribution in [0.15, 0.2) is 59.6 Å². The van der Waals surface area contributed by atoms with Gasteiger partial charge in [0.05, 0.1) is 13.7 Å². The first kappa shape index (κ1) is 14.5. The van der Waals surface area contributed by atoms with Crippen molar-refractivity contribution in [2.75, 3.05) is 7.11 Å². The van der Waals surface area contributed by atoms with Crippen molar-refractivity contribution in [3.8, 4) is 5.75 Å². The Morgan fingerprint density at radius 2 is 1.80 bits per heavy atom. The summed E-state index contributed by atoms with van der Waals surface area (Å²) in [5.41, 5.74) is 8.22. The fourth-order valence-corrected chi connectivity index (χ4v) is 2.44. The molecule has 0 aliphatic rings. The van der Waals surface area contributed by atoms with Crippen LogP contribution in [0.1, 0.15) is 11.1 Å². The third-order valence-corrected chi connectivity index (χ3v) is 3.73. The van der Waals surface area contributed by atoms with Gasteiger partial charge in [0.15, 0.2) is 5.17 Å². The summed E-state index contributed by atoms with van der Waals surface area (Å²) in [7, 11) is 1.66. The number of methoxy groups -OCH3 is 1. The normalized spacial score (nSPS) is 11.3. The van der Waals surface area contributed by atoms with Crippen molar-refractivity contribution in [1.82, 2.24) is 0 Å². The first-order chi connectivity index (χ1) is 9.79. The van der Waals surface area contributed by atoms with Crippen LogP contribution in [0.5, 0.6) is 5.75 Å². The second-order valence-corrected chi connectivity index (χ2v) is 5.24. The predicted molar refractivity (Wildman–Crippen MR) is 86.1 cm³/mol. The molecule has 0 saturated carbocycles. The molecule has 0 bridgehead atoms. The summed E-state index contributed by atoms with van der Waals surface area (Å²) in [6.45, 7) is 0.539. The van der Waals surface area contributed by atoms with E-state index < -0.39 is 0 Å². The summed E-state index contributed by atoms with van der Waals surface area (Å²) in [6.07, 6.45) is 0. The molecule has 0 amide bonds. The lowest BCUT2D eigenvalue weighted by Crippen LogP contribution is -2.07. The quantitative estimate of drug-likeness (QED) is 0.676. The molecule has 0 fully saturated rings. The van der Waals surface area contributed by atoms with Crippen molar-refractivity contribution in [3.63, 3.8) is 0 Å². The standard InChI is InChI=1S/C16H18N2OS/c1-19-15-10-6-5-9-14(15)11-18-16(17)20-12-13-7-3-2-4-8-13/h2-10H,11-12H2,1H3,(H2,17,18). The van der Waals surface area contributed by atoms with Gasteiger partial charge in [-0.15, -0.1) is 0 Å². The average molecular weight is 286 g/mol. The predicted octanol–water partition coefficient (Wildman–Crippen LogP) is 3.44. The second kappa shape index (κ2) is 7.60. The van der Waals surface area contributed by atoms with Crippen LogP contribution in [-0.2, 0) is 12.3 Å². The maximum atomic E-state index is 5.93. The zero-order valence-corrected chi connectivity index (χ0v) is 12.3. The molecular formula is C16H18N2OS. The first-order valence-corrected chi connectivity index (χ1v) is 7.36. The number of rotatable bonds is 5. The number of ether oxygens (including phenoxy) is 1. The van der Waals surface area contributed by atoms with E-state index in [2.05, 4.69) is 17.1 Å². The van der Waals surface area contributed by atoms with Crippen molar-refractivity contribution in [1.29, 1.82) is 0 Å². The summed E-state index contributed by atoms with van der Waals surface area (Å²) in [6, 6.07) is 18.1. The molecule has 2 rings (SSSR count). The van der Waals surface area contributed by atoms with E-state index in [1.807, 2.05) is 42.5 Å². The fourth-order valence-electron chi connectivity index (χ4n) is 1.77. The van der Waals surface area contributed by atoms with Crippen LogP contribution < -0.4 is 10.5 Å². The third kappa shape index (κ3) is 4.31. The molecule has 2 aromatic rings. The van der Waals surface area contributed by atoms with Gasteiger partial charge in [-0.2, -0.15) is 0 Å². The van der Waals surface area contributed by atoms with Crippen molar-refractivity contribution in [2.45, 2.75) is 12.3 Å². The maximum Gasteiger partial charge on any atom is 0.154 e. The van der Waals surface area contributed by atoms with Gasteiger partial charge >= 0.3 is 0 Å². The van der Waals surface area contributed by atoms with E-state index in [9.17, 15) is 0 Å². The molecule has 2 N–H and O–H groups in total. The smallest absolute Gasteiger partial charge is 0.154 e. The molecule has 0 radical (unpaired) electrons. The number of hydrogen-bond donors (Lipinski definition) is 1. The van der Waals surface area contributed by atoms with Gasteiger partial charge < -0.3 is 10.5 Å². The Morgan fingerprint density at radius 1 is 1.10 bits per heavy atom. The minimum Gasteiger partial charge on any atom is -0.496 e. The summed E-state index contributed by atoms with van der Waals surface area (Å²) in [5, 5.41) is 0.597. The highest BCUT2D eigenvalue weighted by molar-refractivity contribution is 8.13. The molecule has 0 spiro atoms. The van der Waals surface area contributed by atoms with E-state index in [0.717, 1.165) is 17.1 Å². The van der Waals surface area contributed by atoms with E-state index in [-0.39, 0.29) is 0 Å². The Labute approximate surface area is 123 Å². The number of hydrogen-bond acceptors (Lipinski definition) is 3. The van der Waals surface area contributed by atoms with Crippen LogP contribution in [0.25, 0.3) is 0 Å². The SMILES string of the molecule is COc1ccccc1CN=C(N)SCc1ccccc1. The van der Waals surface area contributed by atoms with Gasteiger partial charge in [0, 0.05) is 11.3 Å².